The number of thiophene rings is 1. The minimum Gasteiger partial charge on any atom is -0.376 e. The Balaban J connectivity index is 2.50. The van der Waals surface area contributed by atoms with Crippen molar-refractivity contribution in [3.8, 4) is 0 Å². The fourth-order valence-corrected chi connectivity index (χ4v) is 3.48. The lowest BCUT2D eigenvalue weighted by molar-refractivity contribution is 0.101. The molecule has 0 atom stereocenters. The van der Waals surface area contributed by atoms with E-state index >= 15 is 0 Å². The van der Waals surface area contributed by atoms with E-state index in [0.717, 1.165) is 22.4 Å². The third-order valence-corrected chi connectivity index (χ3v) is 4.60. The van der Waals surface area contributed by atoms with Gasteiger partial charge in [-0.3, -0.25) is 4.79 Å². The van der Waals surface area contributed by atoms with Crippen molar-refractivity contribution in [2.45, 2.75) is 20.0 Å². The molecule has 2 rings (SSSR count). The summed E-state index contributed by atoms with van der Waals surface area (Å²) in [5, 5.41) is 0. The van der Waals surface area contributed by atoms with Gasteiger partial charge in [0.1, 0.15) is 0 Å². The minimum atomic E-state index is 0.131. The van der Waals surface area contributed by atoms with Crippen LogP contribution in [-0.2, 0) is 17.8 Å². The molecule has 1 aliphatic rings. The second-order valence-electron chi connectivity index (χ2n) is 3.01. The van der Waals surface area contributed by atoms with Crippen LogP contribution in [0.3, 0.4) is 0 Å². The van der Waals surface area contributed by atoms with E-state index in [1.807, 2.05) is 0 Å². The molecule has 0 spiro atoms. The van der Waals surface area contributed by atoms with Crippen LogP contribution >= 0.6 is 27.3 Å². The molecule has 0 aromatic carbocycles. The highest BCUT2D eigenvalue weighted by molar-refractivity contribution is 9.10. The average molecular weight is 261 g/mol. The van der Waals surface area contributed by atoms with Gasteiger partial charge in [-0.25, -0.2) is 0 Å². The van der Waals surface area contributed by atoms with Crippen molar-refractivity contribution >= 4 is 33.0 Å². The molecule has 0 saturated carbocycles. The maximum atomic E-state index is 11.2. The van der Waals surface area contributed by atoms with E-state index in [2.05, 4.69) is 15.9 Å². The first-order valence-corrected chi connectivity index (χ1v) is 5.70. The zero-order valence-corrected chi connectivity index (χ0v) is 9.63. The Morgan fingerprint density at radius 2 is 2.38 bits per heavy atom. The second-order valence-corrected chi connectivity index (χ2v) is 4.90. The molecule has 0 amide bonds. The molecule has 4 heteroatoms. The fourth-order valence-electron chi connectivity index (χ4n) is 1.40. The normalized spacial score (nSPS) is 15.5. The Bertz CT molecular complexity index is 357. The number of rotatable bonds is 1. The molecule has 13 heavy (non-hydrogen) atoms. The van der Waals surface area contributed by atoms with Crippen LogP contribution in [0.1, 0.15) is 27.0 Å². The molecule has 0 N–H and O–H groups in total. The lowest BCUT2D eigenvalue weighted by Crippen LogP contribution is -2.06. The van der Waals surface area contributed by atoms with Gasteiger partial charge in [0.2, 0.25) is 0 Å². The number of carbonyl (C=O) groups excluding carboxylic acids is 1. The number of hydrogen-bond donors (Lipinski definition) is 0. The van der Waals surface area contributed by atoms with Crippen molar-refractivity contribution in [2.24, 2.45) is 0 Å². The maximum Gasteiger partial charge on any atom is 0.170 e. The number of hydrogen-bond acceptors (Lipinski definition) is 3. The lowest BCUT2D eigenvalue weighted by atomic mass is 10.2. The third-order valence-electron chi connectivity index (χ3n) is 2.07. The van der Waals surface area contributed by atoms with Crippen molar-refractivity contribution in [3.63, 3.8) is 0 Å². The lowest BCUT2D eigenvalue weighted by Gasteiger charge is -2.11. The molecule has 0 saturated heterocycles. The summed E-state index contributed by atoms with van der Waals surface area (Å²) in [6, 6.07) is 0. The van der Waals surface area contributed by atoms with Crippen molar-refractivity contribution < 1.29 is 9.53 Å². The largest absolute Gasteiger partial charge is 0.376 e. The minimum absolute atomic E-state index is 0.131. The van der Waals surface area contributed by atoms with Gasteiger partial charge in [-0.2, -0.15) is 0 Å². The molecule has 70 valence electrons. The first kappa shape index (κ1) is 9.37. The summed E-state index contributed by atoms with van der Waals surface area (Å²) < 4.78 is 6.28. The van der Waals surface area contributed by atoms with E-state index in [-0.39, 0.29) is 5.78 Å². The summed E-state index contributed by atoms with van der Waals surface area (Å²) in [4.78, 5) is 13.3. The first-order valence-electron chi connectivity index (χ1n) is 4.09. The van der Waals surface area contributed by atoms with E-state index in [0.29, 0.717) is 6.61 Å². The molecule has 1 aromatic heterocycles. The Hall–Kier alpha value is -0.190. The summed E-state index contributed by atoms with van der Waals surface area (Å²) in [7, 11) is 0. The van der Waals surface area contributed by atoms with E-state index in [4.69, 9.17) is 4.74 Å². The molecule has 0 radical (unpaired) electrons. The second kappa shape index (κ2) is 3.52. The van der Waals surface area contributed by atoms with Gasteiger partial charge < -0.3 is 4.74 Å². The number of ketones is 1. The maximum absolute atomic E-state index is 11.2. The van der Waals surface area contributed by atoms with Crippen LogP contribution in [0.2, 0.25) is 0 Å². The summed E-state index contributed by atoms with van der Waals surface area (Å²) in [6.07, 6.45) is 0.936. The molecule has 0 aliphatic carbocycles. The topological polar surface area (TPSA) is 26.3 Å². The van der Waals surface area contributed by atoms with Gasteiger partial charge in [-0.15, -0.1) is 11.3 Å². The number of ether oxygens (including phenoxy) is 1. The monoisotopic (exact) mass is 260 g/mol. The summed E-state index contributed by atoms with van der Waals surface area (Å²) in [5.74, 6) is 0.131. The molecule has 0 bridgehead atoms. The van der Waals surface area contributed by atoms with Crippen LogP contribution in [0.4, 0.5) is 0 Å². The molecular weight excluding hydrogens is 252 g/mol. The van der Waals surface area contributed by atoms with Crippen LogP contribution in [0, 0.1) is 0 Å². The highest BCUT2D eigenvalue weighted by atomic mass is 79.9. The predicted octanol–water partition coefficient (Wildman–Crippen LogP) is 2.79. The molecule has 0 unspecified atom stereocenters. The SMILES string of the molecule is CC(=O)c1sc2c(c1Br)COCC2. The Labute approximate surface area is 89.0 Å². The van der Waals surface area contributed by atoms with Crippen LogP contribution in [0.25, 0.3) is 0 Å². The van der Waals surface area contributed by atoms with Gasteiger partial charge in [-0.1, -0.05) is 0 Å². The van der Waals surface area contributed by atoms with Gasteiger partial charge >= 0.3 is 0 Å². The van der Waals surface area contributed by atoms with Gasteiger partial charge in [0, 0.05) is 21.3 Å². The highest BCUT2D eigenvalue weighted by Gasteiger charge is 2.21. The molecule has 1 aromatic rings. The summed E-state index contributed by atoms with van der Waals surface area (Å²) >= 11 is 5.04. The van der Waals surface area contributed by atoms with Crippen LogP contribution in [-0.4, -0.2) is 12.4 Å². The molecule has 2 heterocycles. The molecule has 2 nitrogen and oxygen atoms in total. The van der Waals surface area contributed by atoms with Gasteiger partial charge in [0.15, 0.2) is 5.78 Å². The third kappa shape index (κ3) is 1.58. The number of halogens is 1. The van der Waals surface area contributed by atoms with Crippen molar-refractivity contribution in [2.75, 3.05) is 6.61 Å². The summed E-state index contributed by atoms with van der Waals surface area (Å²) in [5.41, 5.74) is 1.17. The Kier molecular flexibility index (Phi) is 2.53. The average Bonchev–Trinajstić information content (AvgIpc) is 2.45. The highest BCUT2D eigenvalue weighted by Crippen LogP contribution is 2.36. The first-order chi connectivity index (χ1) is 6.20. The van der Waals surface area contributed by atoms with Crippen LogP contribution in [0.5, 0.6) is 0 Å². The quantitative estimate of drug-likeness (QED) is 0.726. The van der Waals surface area contributed by atoms with E-state index < -0.39 is 0 Å². The zero-order chi connectivity index (χ0) is 9.42. The molecule has 0 fully saturated rings. The van der Waals surface area contributed by atoms with E-state index in [1.54, 1.807) is 18.3 Å². The fraction of sp³-hybridized carbons (Fsp3) is 0.444. The van der Waals surface area contributed by atoms with E-state index in [9.17, 15) is 4.79 Å². The molecule has 1 aliphatic heterocycles. The molecular formula is C9H9BrO2S. The van der Waals surface area contributed by atoms with E-state index in [1.165, 1.54) is 10.4 Å². The van der Waals surface area contributed by atoms with Gasteiger partial charge in [0.05, 0.1) is 18.1 Å². The van der Waals surface area contributed by atoms with Crippen molar-refractivity contribution in [1.82, 2.24) is 0 Å². The number of fused-ring (bicyclic) bond motifs is 1. The number of carbonyl (C=O) groups is 1. The zero-order valence-electron chi connectivity index (χ0n) is 7.22. The smallest absolute Gasteiger partial charge is 0.170 e. The number of Topliss-reactive ketones (excluding diaryl/α,β-unsaturated/α-hetero) is 1. The predicted molar refractivity (Wildman–Crippen MR) is 55.4 cm³/mol. The summed E-state index contributed by atoms with van der Waals surface area (Å²) in [6.45, 7) is 3.01. The standard InChI is InChI=1S/C9H9BrO2S/c1-5(11)9-8(10)6-4-12-3-2-7(6)13-9/h2-4H2,1H3. The van der Waals surface area contributed by atoms with Crippen molar-refractivity contribution in [1.29, 1.82) is 0 Å². The van der Waals surface area contributed by atoms with Crippen molar-refractivity contribution in [3.05, 3.63) is 19.8 Å². The Morgan fingerprint density at radius 1 is 1.62 bits per heavy atom. The van der Waals surface area contributed by atoms with Crippen LogP contribution in [0.15, 0.2) is 4.47 Å². The van der Waals surface area contributed by atoms with Gasteiger partial charge in [-0.05, 0) is 22.9 Å². The van der Waals surface area contributed by atoms with Crippen LogP contribution < -0.4 is 0 Å². The van der Waals surface area contributed by atoms with Gasteiger partial charge in [0.25, 0.3) is 0 Å². The Morgan fingerprint density at radius 3 is 3.00 bits per heavy atom.